The van der Waals surface area contributed by atoms with E-state index < -0.39 is 10.0 Å². The van der Waals surface area contributed by atoms with Gasteiger partial charge in [-0.3, -0.25) is 4.79 Å². The Labute approximate surface area is 177 Å². The summed E-state index contributed by atoms with van der Waals surface area (Å²) in [4.78, 5) is 16.7. The molecule has 1 amide bonds. The molecule has 2 heterocycles. The number of carbonyl (C=O) groups excluding carboxylic acids is 1. The fraction of sp³-hybridized carbons (Fsp3) is 0.476. The van der Waals surface area contributed by atoms with Crippen molar-refractivity contribution in [1.29, 1.82) is 0 Å². The van der Waals surface area contributed by atoms with Crippen LogP contribution in [0.5, 0.6) is 0 Å². The molecule has 29 heavy (non-hydrogen) atoms. The van der Waals surface area contributed by atoms with E-state index in [0.29, 0.717) is 23.7 Å². The summed E-state index contributed by atoms with van der Waals surface area (Å²) in [5.41, 5.74) is 2.43. The highest BCUT2D eigenvalue weighted by Gasteiger charge is 2.27. The molecule has 1 saturated heterocycles. The average molecular weight is 436 g/mol. The maximum absolute atomic E-state index is 13.1. The molecule has 0 spiro atoms. The second kappa shape index (κ2) is 8.85. The summed E-state index contributed by atoms with van der Waals surface area (Å²) in [5, 5.41) is 2.94. The van der Waals surface area contributed by atoms with E-state index in [1.165, 1.54) is 11.3 Å². The van der Waals surface area contributed by atoms with Crippen LogP contribution in [0, 0.1) is 6.92 Å². The first-order chi connectivity index (χ1) is 13.7. The smallest absolute Gasteiger partial charge is 0.265 e. The maximum Gasteiger partial charge on any atom is 0.265 e. The molecule has 0 bridgehead atoms. The van der Waals surface area contributed by atoms with Crippen LogP contribution in [0.4, 0.5) is 11.4 Å². The summed E-state index contributed by atoms with van der Waals surface area (Å²) >= 11 is 1.46. The monoisotopic (exact) mass is 435 g/mol. The van der Waals surface area contributed by atoms with E-state index in [0.717, 1.165) is 41.8 Å². The molecule has 6 nitrogen and oxygen atoms in total. The molecule has 3 rings (SSSR count). The number of nitrogens with zero attached hydrogens (tertiary/aromatic N) is 2. The molecule has 1 fully saturated rings. The quantitative estimate of drug-likeness (QED) is 0.741. The third kappa shape index (κ3) is 4.65. The predicted molar refractivity (Wildman–Crippen MR) is 120 cm³/mol. The lowest BCUT2D eigenvalue weighted by Crippen LogP contribution is -2.35. The van der Waals surface area contributed by atoms with Crippen LogP contribution in [-0.2, 0) is 16.4 Å². The third-order valence-electron chi connectivity index (χ3n) is 5.28. The summed E-state index contributed by atoms with van der Waals surface area (Å²) in [6.07, 6.45) is 3.71. The Hall–Kier alpha value is -1.90. The Bertz CT molecular complexity index is 991. The number of rotatable bonds is 6. The van der Waals surface area contributed by atoms with Gasteiger partial charge in [-0.15, -0.1) is 11.3 Å². The number of aryl methyl sites for hydroxylation is 2. The molecule has 0 saturated carbocycles. The number of anilines is 2. The molecule has 0 unspecified atom stereocenters. The van der Waals surface area contributed by atoms with E-state index in [2.05, 4.69) is 12.2 Å². The molecule has 0 aliphatic carbocycles. The minimum Gasteiger partial charge on any atom is -0.376 e. The summed E-state index contributed by atoms with van der Waals surface area (Å²) in [7, 11) is 0.171. The van der Waals surface area contributed by atoms with Crippen molar-refractivity contribution < 1.29 is 13.2 Å². The summed E-state index contributed by atoms with van der Waals surface area (Å²) < 4.78 is 27.7. The summed E-state index contributed by atoms with van der Waals surface area (Å²) in [6.45, 7) is 5.18. The van der Waals surface area contributed by atoms with Crippen molar-refractivity contribution in [3.8, 4) is 0 Å². The lowest BCUT2D eigenvalue weighted by molar-refractivity contribution is 0.103. The minimum atomic E-state index is -3.57. The van der Waals surface area contributed by atoms with Crippen LogP contribution in [0.2, 0.25) is 0 Å². The zero-order valence-corrected chi connectivity index (χ0v) is 19.1. The second-order valence-electron chi connectivity index (χ2n) is 7.54. The van der Waals surface area contributed by atoms with Gasteiger partial charge in [0, 0.05) is 32.1 Å². The number of hydrogen-bond donors (Lipinski definition) is 1. The average Bonchev–Trinajstić information content (AvgIpc) is 3.09. The zero-order valence-electron chi connectivity index (χ0n) is 17.5. The minimum absolute atomic E-state index is 0.214. The highest BCUT2D eigenvalue weighted by atomic mass is 32.2. The maximum atomic E-state index is 13.1. The van der Waals surface area contributed by atoms with Gasteiger partial charge < -0.3 is 10.2 Å². The van der Waals surface area contributed by atoms with Gasteiger partial charge in [-0.2, -0.15) is 4.31 Å². The Balaban J connectivity index is 1.93. The van der Waals surface area contributed by atoms with Crippen molar-refractivity contribution in [3.05, 3.63) is 39.6 Å². The zero-order chi connectivity index (χ0) is 21.2. The molecule has 1 aromatic carbocycles. The molecule has 1 aromatic heterocycles. The fourth-order valence-electron chi connectivity index (χ4n) is 3.59. The largest absolute Gasteiger partial charge is 0.376 e. The molecule has 1 aliphatic rings. The molecule has 0 radical (unpaired) electrons. The van der Waals surface area contributed by atoms with Gasteiger partial charge in [-0.1, -0.05) is 13.3 Å². The fourth-order valence-corrected chi connectivity index (χ4v) is 6.14. The Kier molecular flexibility index (Phi) is 6.65. The van der Waals surface area contributed by atoms with Gasteiger partial charge in [0.2, 0.25) is 10.0 Å². The number of nitrogens with one attached hydrogen (secondary N) is 1. The van der Waals surface area contributed by atoms with E-state index in [1.807, 2.05) is 32.0 Å². The van der Waals surface area contributed by atoms with Gasteiger partial charge in [-0.25, -0.2) is 8.42 Å². The van der Waals surface area contributed by atoms with Crippen molar-refractivity contribution in [2.75, 3.05) is 37.4 Å². The Morgan fingerprint density at radius 3 is 2.45 bits per heavy atom. The molecular formula is C21H29N3O3S2. The van der Waals surface area contributed by atoms with E-state index >= 15 is 0 Å². The van der Waals surface area contributed by atoms with Gasteiger partial charge in [0.25, 0.3) is 5.91 Å². The predicted octanol–water partition coefficient (Wildman–Crippen LogP) is 4.11. The SMILES string of the molecule is CCc1cc(C(=O)Nc2cc(S(=O)(=O)N3CCCCC3)ccc2N(C)C)sc1C. The van der Waals surface area contributed by atoms with Crippen LogP contribution in [0.3, 0.4) is 0 Å². The molecule has 8 heteroatoms. The van der Waals surface area contributed by atoms with Gasteiger partial charge in [0.15, 0.2) is 0 Å². The van der Waals surface area contributed by atoms with Gasteiger partial charge in [-0.05, 0) is 56.0 Å². The second-order valence-corrected chi connectivity index (χ2v) is 10.7. The van der Waals surface area contributed by atoms with Crippen molar-refractivity contribution in [1.82, 2.24) is 4.31 Å². The Morgan fingerprint density at radius 1 is 1.17 bits per heavy atom. The van der Waals surface area contributed by atoms with Crippen LogP contribution in [0.15, 0.2) is 29.2 Å². The topological polar surface area (TPSA) is 69.7 Å². The van der Waals surface area contributed by atoms with Crippen molar-refractivity contribution in [3.63, 3.8) is 0 Å². The lowest BCUT2D eigenvalue weighted by atomic mass is 10.2. The number of sulfonamides is 1. The molecule has 1 aliphatic heterocycles. The number of piperidine rings is 1. The van der Waals surface area contributed by atoms with Crippen LogP contribution in [0.1, 0.15) is 46.3 Å². The van der Waals surface area contributed by atoms with Crippen LogP contribution in [-0.4, -0.2) is 45.8 Å². The van der Waals surface area contributed by atoms with Gasteiger partial charge in [0.05, 0.1) is 21.1 Å². The lowest BCUT2D eigenvalue weighted by Gasteiger charge is -2.26. The van der Waals surface area contributed by atoms with Crippen molar-refractivity contribution >= 4 is 38.6 Å². The van der Waals surface area contributed by atoms with Gasteiger partial charge in [0.1, 0.15) is 0 Å². The van der Waals surface area contributed by atoms with Crippen LogP contribution < -0.4 is 10.2 Å². The van der Waals surface area contributed by atoms with Gasteiger partial charge >= 0.3 is 0 Å². The first kappa shape index (κ1) is 21.8. The molecule has 158 valence electrons. The van der Waals surface area contributed by atoms with E-state index in [4.69, 9.17) is 0 Å². The number of amides is 1. The van der Waals surface area contributed by atoms with E-state index in [1.54, 1.807) is 22.5 Å². The van der Waals surface area contributed by atoms with Crippen molar-refractivity contribution in [2.24, 2.45) is 0 Å². The first-order valence-corrected chi connectivity index (χ1v) is 12.2. The number of hydrogen-bond acceptors (Lipinski definition) is 5. The van der Waals surface area contributed by atoms with Crippen LogP contribution in [0.25, 0.3) is 0 Å². The highest BCUT2D eigenvalue weighted by Crippen LogP contribution is 2.31. The number of benzene rings is 1. The first-order valence-electron chi connectivity index (χ1n) is 9.96. The van der Waals surface area contributed by atoms with E-state index in [9.17, 15) is 13.2 Å². The van der Waals surface area contributed by atoms with Crippen molar-refractivity contribution in [2.45, 2.75) is 44.4 Å². The molecular weight excluding hydrogens is 406 g/mol. The van der Waals surface area contributed by atoms with E-state index in [-0.39, 0.29) is 10.8 Å². The Morgan fingerprint density at radius 2 is 1.86 bits per heavy atom. The summed E-state index contributed by atoms with van der Waals surface area (Å²) in [5.74, 6) is -0.214. The highest BCUT2D eigenvalue weighted by molar-refractivity contribution is 7.89. The molecule has 0 atom stereocenters. The number of carbonyl (C=O) groups is 1. The van der Waals surface area contributed by atoms with Crippen LogP contribution >= 0.6 is 11.3 Å². The molecule has 2 aromatic rings. The number of thiophene rings is 1. The molecule has 1 N–H and O–H groups in total. The standard InChI is InChI=1S/C21H29N3O3S2/c1-5-16-13-20(28-15(16)2)21(25)22-18-14-17(9-10-19(18)23(3)4)29(26,27)24-11-7-6-8-12-24/h9-10,13-14H,5-8,11-12H2,1-4H3,(H,22,25). The normalized spacial score (nSPS) is 15.3. The summed E-state index contributed by atoms with van der Waals surface area (Å²) in [6, 6.07) is 6.88. The third-order valence-corrected chi connectivity index (χ3v) is 8.26.